The number of amides is 1. The number of hydrogen-bond acceptors (Lipinski definition) is 4. The van der Waals surface area contributed by atoms with Crippen LogP contribution in [0.25, 0.3) is 0 Å². The maximum atomic E-state index is 11.5. The molecule has 132 valence electrons. The second-order valence-electron chi connectivity index (χ2n) is 6.11. The fourth-order valence-electron chi connectivity index (χ4n) is 3.01. The minimum Gasteiger partial charge on any atom is -0.359 e. The van der Waals surface area contributed by atoms with Gasteiger partial charge in [-0.25, -0.2) is 0 Å². The Bertz CT molecular complexity index is 580. The Labute approximate surface area is 151 Å². The molecular weight excluding hydrogens is 353 g/mol. The highest BCUT2D eigenvalue weighted by Gasteiger charge is 2.38. The maximum Gasteiger partial charge on any atom is 0.246 e. The van der Waals surface area contributed by atoms with Crippen LogP contribution in [0.4, 0.5) is 0 Å². The van der Waals surface area contributed by atoms with Crippen molar-refractivity contribution in [3.63, 3.8) is 0 Å². The summed E-state index contributed by atoms with van der Waals surface area (Å²) in [5.41, 5.74) is 0.210. The van der Waals surface area contributed by atoms with Crippen molar-refractivity contribution in [2.45, 2.75) is 37.6 Å². The molecule has 2 atom stereocenters. The Morgan fingerprint density at radius 1 is 1.29 bits per heavy atom. The molecular formula is C17H21Cl2NO4. The van der Waals surface area contributed by atoms with Crippen molar-refractivity contribution < 1.29 is 19.0 Å². The zero-order valence-corrected chi connectivity index (χ0v) is 14.9. The third-order valence-corrected chi connectivity index (χ3v) is 5.18. The molecule has 2 fully saturated rings. The second-order valence-corrected chi connectivity index (χ2v) is 6.92. The number of morpholine rings is 1. The molecule has 1 N–H and O–H groups in total. The summed E-state index contributed by atoms with van der Waals surface area (Å²) in [7, 11) is 0. The number of nitrogens with one attached hydrogen (secondary N) is 1. The fraction of sp³-hybridized carbons (Fsp3) is 0.588. The van der Waals surface area contributed by atoms with E-state index < -0.39 is 5.60 Å². The monoisotopic (exact) mass is 373 g/mol. The van der Waals surface area contributed by atoms with Crippen molar-refractivity contribution in [1.29, 1.82) is 0 Å². The maximum absolute atomic E-state index is 11.5. The third-order valence-electron chi connectivity index (χ3n) is 4.44. The lowest BCUT2D eigenvalue weighted by atomic mass is 9.89. The summed E-state index contributed by atoms with van der Waals surface area (Å²) < 4.78 is 17.3. The van der Waals surface area contributed by atoms with E-state index in [1.54, 1.807) is 12.1 Å². The smallest absolute Gasteiger partial charge is 0.246 e. The van der Waals surface area contributed by atoms with Gasteiger partial charge in [0.15, 0.2) is 6.29 Å². The van der Waals surface area contributed by atoms with Crippen molar-refractivity contribution in [2.24, 2.45) is 0 Å². The molecule has 5 nitrogen and oxygen atoms in total. The largest absolute Gasteiger partial charge is 0.359 e. The summed E-state index contributed by atoms with van der Waals surface area (Å²) in [6, 6.07) is 5.41. The van der Waals surface area contributed by atoms with Crippen molar-refractivity contribution in [3.8, 4) is 0 Å². The van der Waals surface area contributed by atoms with Gasteiger partial charge in [-0.05, 0) is 37.0 Å². The van der Waals surface area contributed by atoms with Gasteiger partial charge in [-0.15, -0.1) is 0 Å². The van der Waals surface area contributed by atoms with Crippen LogP contribution in [0, 0.1) is 0 Å². The van der Waals surface area contributed by atoms with Gasteiger partial charge in [-0.1, -0.05) is 29.3 Å². The van der Waals surface area contributed by atoms with E-state index in [1.807, 2.05) is 6.07 Å². The Balaban J connectivity index is 1.70. The van der Waals surface area contributed by atoms with Gasteiger partial charge in [0.1, 0.15) is 12.2 Å². The van der Waals surface area contributed by atoms with E-state index >= 15 is 0 Å². The second kappa shape index (κ2) is 8.02. The number of hydrogen-bond donors (Lipinski definition) is 1. The highest BCUT2D eigenvalue weighted by molar-refractivity contribution is 6.42. The van der Waals surface area contributed by atoms with E-state index in [-0.39, 0.29) is 18.8 Å². The molecule has 0 bridgehead atoms. The fourth-order valence-corrected chi connectivity index (χ4v) is 3.31. The van der Waals surface area contributed by atoms with Crippen LogP contribution in [0.2, 0.25) is 10.0 Å². The van der Waals surface area contributed by atoms with Gasteiger partial charge in [-0.2, -0.15) is 0 Å². The van der Waals surface area contributed by atoms with Gasteiger partial charge in [-0.3, -0.25) is 4.79 Å². The minimum absolute atomic E-state index is 0.0141. The van der Waals surface area contributed by atoms with E-state index in [0.717, 1.165) is 31.4 Å². The zero-order valence-electron chi connectivity index (χ0n) is 13.4. The van der Waals surface area contributed by atoms with E-state index in [1.165, 1.54) is 0 Å². The minimum atomic E-state index is -0.670. The predicted molar refractivity (Wildman–Crippen MR) is 91.3 cm³/mol. The SMILES string of the molecule is O=C1COC(CCOC2CCCCO2)(c2ccc(Cl)c(Cl)c2)CN1. The molecule has 7 heteroatoms. The number of carbonyl (C=O) groups excluding carboxylic acids is 1. The predicted octanol–water partition coefficient (Wildman–Crippen LogP) is 3.27. The number of carbonyl (C=O) groups is 1. The van der Waals surface area contributed by atoms with Gasteiger partial charge in [0, 0.05) is 13.0 Å². The summed E-state index contributed by atoms with van der Waals surface area (Å²) in [6.07, 6.45) is 3.56. The molecule has 2 aliphatic heterocycles. The van der Waals surface area contributed by atoms with Crippen LogP contribution in [-0.4, -0.2) is 38.6 Å². The van der Waals surface area contributed by atoms with Gasteiger partial charge in [0.25, 0.3) is 0 Å². The molecule has 0 spiro atoms. The quantitative estimate of drug-likeness (QED) is 0.860. The molecule has 2 aliphatic rings. The van der Waals surface area contributed by atoms with Crippen LogP contribution in [-0.2, 0) is 24.6 Å². The van der Waals surface area contributed by atoms with Crippen molar-refractivity contribution in [2.75, 3.05) is 26.4 Å². The van der Waals surface area contributed by atoms with Crippen molar-refractivity contribution >= 4 is 29.1 Å². The van der Waals surface area contributed by atoms with Crippen molar-refractivity contribution in [3.05, 3.63) is 33.8 Å². The Morgan fingerprint density at radius 2 is 2.17 bits per heavy atom. The first kappa shape index (κ1) is 18.0. The van der Waals surface area contributed by atoms with Gasteiger partial charge >= 0.3 is 0 Å². The molecule has 0 aliphatic carbocycles. The first-order chi connectivity index (χ1) is 11.6. The molecule has 2 unspecified atom stereocenters. The number of ether oxygens (including phenoxy) is 3. The van der Waals surface area contributed by atoms with E-state index in [9.17, 15) is 4.79 Å². The molecule has 0 radical (unpaired) electrons. The average Bonchev–Trinajstić information content (AvgIpc) is 2.60. The standard InChI is InChI=1S/C17H21Cl2NO4/c18-13-5-4-12(9-14(13)19)17(11-20-15(21)10-24-17)6-8-23-16-3-1-2-7-22-16/h4-5,9,16H,1-3,6-8,10-11H2,(H,20,21). The molecule has 1 amide bonds. The third kappa shape index (κ3) is 4.21. The highest BCUT2D eigenvalue weighted by atomic mass is 35.5. The molecule has 0 aromatic heterocycles. The molecule has 2 heterocycles. The van der Waals surface area contributed by atoms with Crippen LogP contribution in [0.5, 0.6) is 0 Å². The van der Waals surface area contributed by atoms with Crippen LogP contribution < -0.4 is 5.32 Å². The number of halogens is 2. The summed E-state index contributed by atoms with van der Waals surface area (Å²) in [6.45, 7) is 1.61. The van der Waals surface area contributed by atoms with E-state index in [4.69, 9.17) is 37.4 Å². The number of benzene rings is 1. The van der Waals surface area contributed by atoms with E-state index in [0.29, 0.717) is 29.6 Å². The molecule has 1 aromatic rings. The molecule has 2 saturated heterocycles. The Hall–Kier alpha value is -0.850. The summed E-state index contributed by atoms with van der Waals surface area (Å²) >= 11 is 12.2. The topological polar surface area (TPSA) is 56.8 Å². The Morgan fingerprint density at radius 3 is 2.83 bits per heavy atom. The van der Waals surface area contributed by atoms with Crippen LogP contribution in [0.3, 0.4) is 0 Å². The van der Waals surface area contributed by atoms with Crippen LogP contribution in [0.15, 0.2) is 18.2 Å². The molecule has 1 aromatic carbocycles. The number of rotatable bonds is 5. The summed E-state index contributed by atoms with van der Waals surface area (Å²) in [5, 5.41) is 3.82. The lowest BCUT2D eigenvalue weighted by Crippen LogP contribution is -2.51. The van der Waals surface area contributed by atoms with Gasteiger partial charge < -0.3 is 19.5 Å². The van der Waals surface area contributed by atoms with Crippen LogP contribution in [0.1, 0.15) is 31.2 Å². The van der Waals surface area contributed by atoms with E-state index in [2.05, 4.69) is 5.32 Å². The summed E-state index contributed by atoms with van der Waals surface area (Å²) in [4.78, 5) is 11.5. The Kier molecular flexibility index (Phi) is 6.00. The first-order valence-corrected chi connectivity index (χ1v) is 8.94. The first-order valence-electron chi connectivity index (χ1n) is 8.18. The van der Waals surface area contributed by atoms with Gasteiger partial charge in [0.05, 0.1) is 23.2 Å². The molecule has 24 heavy (non-hydrogen) atoms. The lowest BCUT2D eigenvalue weighted by molar-refractivity contribution is -0.178. The van der Waals surface area contributed by atoms with Crippen molar-refractivity contribution in [1.82, 2.24) is 5.32 Å². The lowest BCUT2D eigenvalue weighted by Gasteiger charge is -2.38. The molecule has 0 saturated carbocycles. The molecule has 3 rings (SSSR count). The highest BCUT2D eigenvalue weighted by Crippen LogP contribution is 2.35. The zero-order chi connectivity index (χ0) is 17.0. The summed E-state index contributed by atoms with van der Waals surface area (Å²) in [5.74, 6) is -0.123. The van der Waals surface area contributed by atoms with Crippen LogP contribution >= 0.6 is 23.2 Å². The average molecular weight is 374 g/mol. The van der Waals surface area contributed by atoms with Gasteiger partial charge in [0.2, 0.25) is 5.91 Å². The normalized spacial score (nSPS) is 27.8.